The maximum absolute atomic E-state index is 11.6. The van der Waals surface area contributed by atoms with Crippen LogP contribution in [0.5, 0.6) is 0 Å². The normalized spacial score (nSPS) is 17.5. The number of hydrogen-bond acceptors (Lipinski definition) is 5. The third-order valence-corrected chi connectivity index (χ3v) is 4.43. The molecule has 0 aliphatic heterocycles. The predicted octanol–water partition coefficient (Wildman–Crippen LogP) is 0.989. The number of carboxylic acid groups (broad SMARTS) is 1. The van der Waals surface area contributed by atoms with Crippen LogP contribution in [0, 0.1) is 17.2 Å². The predicted molar refractivity (Wildman–Crippen MR) is 73.0 cm³/mol. The van der Waals surface area contributed by atoms with Crippen molar-refractivity contribution >= 4 is 28.2 Å². The second kappa shape index (κ2) is 5.88. The fourth-order valence-electron chi connectivity index (χ4n) is 2.26. The number of hydrogen-bond donors (Lipinski definition) is 1. The minimum absolute atomic E-state index is 0.500. The van der Waals surface area contributed by atoms with Gasteiger partial charge < -0.3 is 15.2 Å². The lowest BCUT2D eigenvalue weighted by atomic mass is 9.88. The standard InChI is InChI=1S/C14H14N2O3S/c1-8-2-3-11-9(6-8)10(7-15)14(20-11)16-12(17)4-5-13(18)19/h4-5,8H,2-3,6H2,1H3,(H,16,17)(H,18,19)/p-1/b5-4+/t8-/m1/s1. The number of carbonyl (C=O) groups excluding carboxylic acids is 2. The molecule has 1 aliphatic rings. The first-order valence-corrected chi connectivity index (χ1v) is 7.07. The monoisotopic (exact) mass is 289 g/mol. The summed E-state index contributed by atoms with van der Waals surface area (Å²) >= 11 is 1.40. The van der Waals surface area contributed by atoms with Crippen molar-refractivity contribution in [2.24, 2.45) is 5.92 Å². The average molecular weight is 289 g/mol. The fraction of sp³-hybridized carbons (Fsp3) is 0.357. The summed E-state index contributed by atoms with van der Waals surface area (Å²) in [5.41, 5.74) is 1.53. The summed E-state index contributed by atoms with van der Waals surface area (Å²) in [4.78, 5) is 23.0. The summed E-state index contributed by atoms with van der Waals surface area (Å²) in [6.45, 7) is 2.14. The van der Waals surface area contributed by atoms with Crippen molar-refractivity contribution in [3.8, 4) is 6.07 Å². The molecule has 0 bridgehead atoms. The van der Waals surface area contributed by atoms with Crippen LogP contribution in [0.15, 0.2) is 12.2 Å². The number of nitriles is 1. The molecular weight excluding hydrogens is 276 g/mol. The van der Waals surface area contributed by atoms with Gasteiger partial charge >= 0.3 is 0 Å². The number of amides is 1. The van der Waals surface area contributed by atoms with Crippen molar-refractivity contribution in [3.63, 3.8) is 0 Å². The van der Waals surface area contributed by atoms with Crippen LogP contribution in [-0.2, 0) is 22.4 Å². The Morgan fingerprint density at radius 3 is 2.90 bits per heavy atom. The molecular formula is C14H13N2O3S-. The lowest BCUT2D eigenvalue weighted by Crippen LogP contribution is -2.20. The van der Waals surface area contributed by atoms with E-state index in [4.69, 9.17) is 0 Å². The van der Waals surface area contributed by atoms with Crippen molar-refractivity contribution in [1.29, 1.82) is 5.26 Å². The maximum atomic E-state index is 11.6. The highest BCUT2D eigenvalue weighted by Gasteiger charge is 2.24. The number of carboxylic acids is 1. The van der Waals surface area contributed by atoms with E-state index in [1.165, 1.54) is 11.3 Å². The minimum Gasteiger partial charge on any atom is -0.545 e. The summed E-state index contributed by atoms with van der Waals surface area (Å²) in [5.74, 6) is -1.47. The quantitative estimate of drug-likeness (QED) is 0.840. The minimum atomic E-state index is -1.43. The van der Waals surface area contributed by atoms with Gasteiger partial charge in [-0.2, -0.15) is 5.26 Å². The summed E-state index contributed by atoms with van der Waals surface area (Å²) < 4.78 is 0. The van der Waals surface area contributed by atoms with Gasteiger partial charge in [-0.15, -0.1) is 11.3 Å². The highest BCUT2D eigenvalue weighted by molar-refractivity contribution is 7.16. The van der Waals surface area contributed by atoms with E-state index in [2.05, 4.69) is 18.3 Å². The zero-order valence-corrected chi connectivity index (χ0v) is 11.8. The van der Waals surface area contributed by atoms with Gasteiger partial charge in [-0.05, 0) is 36.8 Å². The van der Waals surface area contributed by atoms with E-state index in [1.807, 2.05) is 0 Å². The summed E-state index contributed by atoms with van der Waals surface area (Å²) in [6.07, 6.45) is 4.39. The molecule has 1 aliphatic carbocycles. The van der Waals surface area contributed by atoms with Crippen molar-refractivity contribution < 1.29 is 14.7 Å². The van der Waals surface area contributed by atoms with E-state index in [-0.39, 0.29) is 0 Å². The molecule has 0 saturated carbocycles. The number of rotatable bonds is 3. The Labute approximate surface area is 120 Å². The summed E-state index contributed by atoms with van der Waals surface area (Å²) in [6, 6.07) is 2.14. The SMILES string of the molecule is C[C@@H]1CCc2sc(NC(=O)/C=C/C(=O)[O-])c(C#N)c2C1. The molecule has 1 aromatic heterocycles. The van der Waals surface area contributed by atoms with Crippen molar-refractivity contribution in [2.45, 2.75) is 26.2 Å². The maximum Gasteiger partial charge on any atom is 0.249 e. The number of aliphatic carboxylic acids is 1. The summed E-state index contributed by atoms with van der Waals surface area (Å²) in [7, 11) is 0. The molecule has 0 fully saturated rings. The van der Waals surface area contributed by atoms with Crippen molar-refractivity contribution in [3.05, 3.63) is 28.2 Å². The van der Waals surface area contributed by atoms with E-state index in [0.29, 0.717) is 22.6 Å². The number of nitrogens with one attached hydrogen (secondary N) is 1. The Morgan fingerprint density at radius 1 is 1.50 bits per heavy atom. The number of anilines is 1. The Balaban J connectivity index is 2.23. The van der Waals surface area contributed by atoms with E-state index >= 15 is 0 Å². The zero-order valence-electron chi connectivity index (χ0n) is 10.9. The van der Waals surface area contributed by atoms with Gasteiger partial charge in [0, 0.05) is 11.0 Å². The Kier molecular flexibility index (Phi) is 4.20. The molecule has 0 saturated heterocycles. The smallest absolute Gasteiger partial charge is 0.249 e. The van der Waals surface area contributed by atoms with Crippen LogP contribution >= 0.6 is 11.3 Å². The molecule has 1 atom stereocenters. The highest BCUT2D eigenvalue weighted by atomic mass is 32.1. The van der Waals surface area contributed by atoms with Gasteiger partial charge in [0.1, 0.15) is 11.1 Å². The Hall–Kier alpha value is -2.13. The summed E-state index contributed by atoms with van der Waals surface area (Å²) in [5, 5.41) is 22.6. The van der Waals surface area contributed by atoms with Crippen LogP contribution in [0.3, 0.4) is 0 Å². The largest absolute Gasteiger partial charge is 0.545 e. The van der Waals surface area contributed by atoms with Gasteiger partial charge in [-0.1, -0.05) is 6.92 Å². The van der Waals surface area contributed by atoms with Crippen molar-refractivity contribution in [2.75, 3.05) is 5.32 Å². The van der Waals surface area contributed by atoms with Gasteiger partial charge in [0.05, 0.1) is 11.5 Å². The van der Waals surface area contributed by atoms with Crippen molar-refractivity contribution in [1.82, 2.24) is 0 Å². The van der Waals surface area contributed by atoms with Crippen LogP contribution in [0.2, 0.25) is 0 Å². The molecule has 1 aromatic rings. The van der Waals surface area contributed by atoms with Crippen LogP contribution in [-0.4, -0.2) is 11.9 Å². The highest BCUT2D eigenvalue weighted by Crippen LogP contribution is 2.39. The number of aryl methyl sites for hydroxylation is 1. The number of thiophene rings is 1. The molecule has 1 amide bonds. The molecule has 5 nitrogen and oxygen atoms in total. The molecule has 0 unspecified atom stereocenters. The molecule has 104 valence electrons. The number of carbonyl (C=O) groups is 2. The van der Waals surface area contributed by atoms with Gasteiger partial charge in [0.15, 0.2) is 0 Å². The third kappa shape index (κ3) is 3.06. The fourth-order valence-corrected chi connectivity index (χ4v) is 3.46. The third-order valence-electron chi connectivity index (χ3n) is 3.23. The van der Waals surface area contributed by atoms with Crippen LogP contribution in [0.1, 0.15) is 29.3 Å². The molecule has 20 heavy (non-hydrogen) atoms. The number of nitrogens with zero attached hydrogens (tertiary/aromatic N) is 1. The lowest BCUT2D eigenvalue weighted by Gasteiger charge is -2.17. The van der Waals surface area contributed by atoms with Gasteiger partial charge in [-0.3, -0.25) is 4.79 Å². The second-order valence-electron chi connectivity index (χ2n) is 4.81. The van der Waals surface area contributed by atoms with E-state index in [0.717, 1.165) is 35.8 Å². The van der Waals surface area contributed by atoms with Gasteiger partial charge in [-0.25, -0.2) is 0 Å². The molecule has 2 rings (SSSR count). The molecule has 0 radical (unpaired) electrons. The Morgan fingerprint density at radius 2 is 2.25 bits per heavy atom. The van der Waals surface area contributed by atoms with E-state index in [1.54, 1.807) is 0 Å². The molecule has 1 N–H and O–H groups in total. The van der Waals surface area contributed by atoms with E-state index in [9.17, 15) is 20.0 Å². The molecule has 6 heteroatoms. The van der Waals surface area contributed by atoms with Gasteiger partial charge in [0.25, 0.3) is 0 Å². The Bertz CT molecular complexity index is 625. The lowest BCUT2D eigenvalue weighted by molar-refractivity contribution is -0.297. The van der Waals surface area contributed by atoms with E-state index < -0.39 is 11.9 Å². The first-order valence-electron chi connectivity index (χ1n) is 6.26. The van der Waals surface area contributed by atoms with Gasteiger partial charge in [0.2, 0.25) is 5.91 Å². The first kappa shape index (κ1) is 14.3. The topological polar surface area (TPSA) is 93.0 Å². The molecule has 0 spiro atoms. The van der Waals surface area contributed by atoms with Crippen LogP contribution in [0.25, 0.3) is 0 Å². The average Bonchev–Trinajstić information content (AvgIpc) is 2.72. The number of fused-ring (bicyclic) bond motifs is 1. The molecule has 0 aromatic carbocycles. The second-order valence-corrected chi connectivity index (χ2v) is 5.91. The van der Waals surface area contributed by atoms with Crippen LogP contribution < -0.4 is 10.4 Å². The molecule has 1 heterocycles. The first-order chi connectivity index (χ1) is 9.51. The zero-order chi connectivity index (χ0) is 14.7. The van der Waals surface area contributed by atoms with Crippen LogP contribution in [0.4, 0.5) is 5.00 Å².